The molecule has 1 N–H and O–H groups in total. The summed E-state index contributed by atoms with van der Waals surface area (Å²) >= 11 is 0. The summed E-state index contributed by atoms with van der Waals surface area (Å²) in [4.78, 5) is 11.2. The minimum Gasteiger partial charge on any atom is -0.356 e. The highest BCUT2D eigenvalue weighted by Crippen LogP contribution is 2.25. The average molecular weight is 387 g/mol. The van der Waals surface area contributed by atoms with Crippen LogP contribution in [0.4, 0.5) is 11.8 Å². The smallest absolute Gasteiger partial charge is 0.224 e. The summed E-state index contributed by atoms with van der Waals surface area (Å²) in [5, 5.41) is 3.19. The molecule has 1 aromatic carbocycles. The van der Waals surface area contributed by atoms with Gasteiger partial charge in [-0.25, -0.2) is 13.4 Å². The van der Waals surface area contributed by atoms with E-state index in [2.05, 4.69) is 50.5 Å². The monoisotopic (exact) mass is 386 g/mol. The van der Waals surface area contributed by atoms with Crippen LogP contribution >= 0.6 is 0 Å². The van der Waals surface area contributed by atoms with Gasteiger partial charge in [0.05, 0.1) is 11.5 Å². The highest BCUT2D eigenvalue weighted by Gasteiger charge is 2.28. The number of hydrogen-bond acceptors (Lipinski definition) is 6. The number of nitrogens with zero attached hydrogens (tertiary/aromatic N) is 3. The Labute approximate surface area is 161 Å². The van der Waals surface area contributed by atoms with Gasteiger partial charge >= 0.3 is 0 Å². The van der Waals surface area contributed by atoms with Gasteiger partial charge in [-0.2, -0.15) is 4.98 Å². The second kappa shape index (κ2) is 7.84. The fourth-order valence-corrected chi connectivity index (χ4v) is 5.67. The van der Waals surface area contributed by atoms with Crippen LogP contribution in [0.25, 0.3) is 0 Å². The fraction of sp³-hybridized carbons (Fsp3) is 0.500. The number of anilines is 2. The molecule has 0 radical (unpaired) electrons. The highest BCUT2D eigenvalue weighted by molar-refractivity contribution is 7.91. The van der Waals surface area contributed by atoms with Gasteiger partial charge in [0.2, 0.25) is 5.95 Å². The topological polar surface area (TPSA) is 75.2 Å². The molecule has 1 aromatic heterocycles. The van der Waals surface area contributed by atoms with Crippen LogP contribution in [-0.4, -0.2) is 49.0 Å². The molecule has 2 saturated heterocycles. The predicted molar refractivity (Wildman–Crippen MR) is 108 cm³/mol. The Bertz CT molecular complexity index is 865. The minimum atomic E-state index is -2.91. The molecule has 2 fully saturated rings. The molecule has 0 spiro atoms. The molecule has 144 valence electrons. The van der Waals surface area contributed by atoms with E-state index < -0.39 is 9.84 Å². The first-order chi connectivity index (χ1) is 13.1. The summed E-state index contributed by atoms with van der Waals surface area (Å²) in [5.74, 6) is 2.59. The maximum Gasteiger partial charge on any atom is 0.224 e. The van der Waals surface area contributed by atoms with Gasteiger partial charge in [0, 0.05) is 25.3 Å². The molecule has 0 bridgehead atoms. The summed E-state index contributed by atoms with van der Waals surface area (Å²) in [6.45, 7) is 1.98. The van der Waals surface area contributed by atoms with E-state index in [1.54, 1.807) is 6.20 Å². The van der Waals surface area contributed by atoms with Crippen LogP contribution < -0.4 is 10.2 Å². The zero-order valence-corrected chi connectivity index (χ0v) is 16.2. The van der Waals surface area contributed by atoms with Crippen molar-refractivity contribution in [1.29, 1.82) is 0 Å². The van der Waals surface area contributed by atoms with Gasteiger partial charge in [-0.3, -0.25) is 0 Å². The molecule has 2 aliphatic heterocycles. The second-order valence-electron chi connectivity index (χ2n) is 7.60. The van der Waals surface area contributed by atoms with Crippen molar-refractivity contribution in [2.75, 3.05) is 34.8 Å². The van der Waals surface area contributed by atoms with Gasteiger partial charge in [-0.1, -0.05) is 30.3 Å². The predicted octanol–water partition coefficient (Wildman–Crippen LogP) is 2.53. The molecule has 0 saturated carbocycles. The Kier molecular flexibility index (Phi) is 5.29. The first-order valence-electron chi connectivity index (χ1n) is 9.66. The quantitative estimate of drug-likeness (QED) is 0.851. The summed E-state index contributed by atoms with van der Waals surface area (Å²) in [7, 11) is -2.91. The van der Waals surface area contributed by atoms with E-state index in [1.807, 2.05) is 6.07 Å². The zero-order chi connectivity index (χ0) is 18.7. The van der Waals surface area contributed by atoms with E-state index in [0.717, 1.165) is 38.2 Å². The van der Waals surface area contributed by atoms with Gasteiger partial charge in [-0.15, -0.1) is 0 Å². The Hall–Kier alpha value is -2.15. The number of nitrogens with one attached hydrogen (secondary N) is 1. The van der Waals surface area contributed by atoms with E-state index in [-0.39, 0.29) is 17.5 Å². The Morgan fingerprint density at radius 1 is 1.07 bits per heavy atom. The summed E-state index contributed by atoms with van der Waals surface area (Å²) < 4.78 is 23.2. The van der Waals surface area contributed by atoms with Gasteiger partial charge in [0.15, 0.2) is 9.84 Å². The van der Waals surface area contributed by atoms with Crippen LogP contribution in [0, 0.1) is 5.92 Å². The first kappa shape index (κ1) is 18.2. The molecule has 3 heterocycles. The van der Waals surface area contributed by atoms with E-state index in [4.69, 9.17) is 0 Å². The van der Waals surface area contributed by atoms with Crippen LogP contribution in [0.1, 0.15) is 24.8 Å². The lowest BCUT2D eigenvalue weighted by Gasteiger charge is -2.33. The lowest BCUT2D eigenvalue weighted by molar-refractivity contribution is 0.402. The fourth-order valence-electron chi connectivity index (χ4n) is 4.00. The molecule has 1 atom stereocenters. The molecule has 4 rings (SSSR count). The van der Waals surface area contributed by atoms with Crippen LogP contribution in [0.3, 0.4) is 0 Å². The SMILES string of the molecule is O=S1(=O)CCC(Nc2nccc(N3CCC(Cc4ccccc4)CC3)n2)C1. The molecular weight excluding hydrogens is 360 g/mol. The number of piperidine rings is 1. The maximum atomic E-state index is 11.6. The molecule has 27 heavy (non-hydrogen) atoms. The van der Waals surface area contributed by atoms with E-state index in [1.165, 1.54) is 5.56 Å². The van der Waals surface area contributed by atoms with Crippen LogP contribution in [0.2, 0.25) is 0 Å². The van der Waals surface area contributed by atoms with Crippen molar-refractivity contribution < 1.29 is 8.42 Å². The van der Waals surface area contributed by atoms with E-state index in [0.29, 0.717) is 18.3 Å². The summed E-state index contributed by atoms with van der Waals surface area (Å²) in [6, 6.07) is 12.5. The third kappa shape index (κ3) is 4.77. The van der Waals surface area contributed by atoms with Crippen molar-refractivity contribution in [3.63, 3.8) is 0 Å². The number of hydrogen-bond donors (Lipinski definition) is 1. The highest BCUT2D eigenvalue weighted by atomic mass is 32.2. The van der Waals surface area contributed by atoms with Crippen molar-refractivity contribution in [2.24, 2.45) is 5.92 Å². The molecule has 0 aliphatic carbocycles. The average Bonchev–Trinajstić information content (AvgIpc) is 3.02. The maximum absolute atomic E-state index is 11.6. The van der Waals surface area contributed by atoms with Gasteiger partial charge in [0.1, 0.15) is 5.82 Å². The van der Waals surface area contributed by atoms with Crippen LogP contribution in [0.15, 0.2) is 42.6 Å². The molecule has 7 heteroatoms. The molecule has 2 aliphatic rings. The standard InChI is InChI=1S/C20H26N4O2S/c25-27(26)13-9-18(15-27)22-20-21-10-6-19(23-20)24-11-7-17(8-12-24)14-16-4-2-1-3-5-16/h1-6,10,17-18H,7-9,11-15H2,(H,21,22,23). The van der Waals surface area contributed by atoms with Crippen molar-refractivity contribution >= 4 is 21.6 Å². The number of rotatable bonds is 5. The Morgan fingerprint density at radius 2 is 1.85 bits per heavy atom. The zero-order valence-electron chi connectivity index (χ0n) is 15.4. The van der Waals surface area contributed by atoms with Gasteiger partial charge < -0.3 is 10.2 Å². The number of sulfone groups is 1. The number of benzene rings is 1. The molecule has 0 amide bonds. The third-order valence-corrected chi connectivity index (χ3v) is 7.28. The minimum absolute atomic E-state index is 0.0816. The molecule has 1 unspecified atom stereocenters. The molecule has 6 nitrogen and oxygen atoms in total. The summed E-state index contributed by atoms with van der Waals surface area (Å²) in [6.07, 6.45) is 5.83. The molecular formula is C20H26N4O2S. The van der Waals surface area contributed by atoms with Gasteiger partial charge in [-0.05, 0) is 43.2 Å². The lowest BCUT2D eigenvalue weighted by Crippen LogP contribution is -2.35. The summed E-state index contributed by atoms with van der Waals surface area (Å²) in [5.41, 5.74) is 1.41. The van der Waals surface area contributed by atoms with Crippen molar-refractivity contribution in [3.8, 4) is 0 Å². The van der Waals surface area contributed by atoms with Crippen molar-refractivity contribution in [3.05, 3.63) is 48.2 Å². The van der Waals surface area contributed by atoms with E-state index >= 15 is 0 Å². The number of aromatic nitrogens is 2. The Balaban J connectivity index is 1.33. The first-order valence-corrected chi connectivity index (χ1v) is 11.5. The Morgan fingerprint density at radius 3 is 2.56 bits per heavy atom. The van der Waals surface area contributed by atoms with E-state index in [9.17, 15) is 8.42 Å². The second-order valence-corrected chi connectivity index (χ2v) is 9.83. The van der Waals surface area contributed by atoms with Crippen LogP contribution in [-0.2, 0) is 16.3 Å². The van der Waals surface area contributed by atoms with Crippen molar-refractivity contribution in [2.45, 2.75) is 31.7 Å². The van der Waals surface area contributed by atoms with Crippen LogP contribution in [0.5, 0.6) is 0 Å². The lowest BCUT2D eigenvalue weighted by atomic mass is 9.90. The third-order valence-electron chi connectivity index (χ3n) is 5.51. The van der Waals surface area contributed by atoms with Crippen molar-refractivity contribution in [1.82, 2.24) is 9.97 Å². The largest absolute Gasteiger partial charge is 0.356 e. The molecule has 2 aromatic rings. The van der Waals surface area contributed by atoms with Gasteiger partial charge in [0.25, 0.3) is 0 Å². The normalized spacial score (nSPS) is 22.7.